The number of carbonyl (C=O) groups is 1. The maximum Gasteiger partial charge on any atom is 0.331 e. The molecule has 0 bridgehead atoms. The number of nitrogens with one attached hydrogen (secondary N) is 1. The van der Waals surface area contributed by atoms with E-state index in [0.29, 0.717) is 31.3 Å². The number of hydrogen-bond donors (Lipinski definition) is 1. The van der Waals surface area contributed by atoms with Crippen molar-refractivity contribution in [3.63, 3.8) is 0 Å². The lowest BCUT2D eigenvalue weighted by Gasteiger charge is -2.32. The van der Waals surface area contributed by atoms with Gasteiger partial charge in [-0.1, -0.05) is 40.2 Å². The van der Waals surface area contributed by atoms with Gasteiger partial charge in [-0.3, -0.25) is 14.8 Å². The van der Waals surface area contributed by atoms with Crippen LogP contribution in [0.25, 0.3) is 11.4 Å². The van der Waals surface area contributed by atoms with E-state index >= 15 is 0 Å². The summed E-state index contributed by atoms with van der Waals surface area (Å²) in [6.07, 6.45) is 0. The quantitative estimate of drug-likeness (QED) is 0.437. The van der Waals surface area contributed by atoms with E-state index in [1.54, 1.807) is 9.80 Å². The number of benzene rings is 2. The van der Waals surface area contributed by atoms with Gasteiger partial charge in [0.25, 0.3) is 0 Å². The van der Waals surface area contributed by atoms with Crippen molar-refractivity contribution in [2.45, 2.75) is 6.54 Å². The molecule has 1 N–H and O–H groups in total. The second-order valence-corrected chi connectivity index (χ2v) is 8.81. The Hall–Kier alpha value is -1.91. The maximum absolute atomic E-state index is 13.2. The van der Waals surface area contributed by atoms with Gasteiger partial charge < -0.3 is 4.98 Å². The first-order valence-corrected chi connectivity index (χ1v) is 10.7. The highest BCUT2D eigenvalue weighted by atomic mass is 127. The summed E-state index contributed by atoms with van der Waals surface area (Å²) in [5.74, 6) is 2.06. The number of imidazole rings is 1. The monoisotopic (exact) mass is 583 g/mol. The summed E-state index contributed by atoms with van der Waals surface area (Å²) in [4.78, 5) is 29.4. The first-order chi connectivity index (χ1) is 13.6. The summed E-state index contributed by atoms with van der Waals surface area (Å²) in [7, 11) is 0. The molecule has 0 fully saturated rings. The van der Waals surface area contributed by atoms with Crippen LogP contribution < -0.4 is 4.90 Å². The molecule has 0 aliphatic carbocycles. The van der Waals surface area contributed by atoms with Crippen molar-refractivity contribution in [1.82, 2.24) is 14.9 Å². The second kappa shape index (κ2) is 8.08. The zero-order chi connectivity index (χ0) is 19.3. The summed E-state index contributed by atoms with van der Waals surface area (Å²) in [5, 5.41) is 0. The van der Waals surface area contributed by atoms with Crippen LogP contribution >= 0.6 is 50.9 Å². The molecule has 2 aliphatic rings. The zero-order valence-corrected chi connectivity index (χ0v) is 19.7. The van der Waals surface area contributed by atoms with E-state index in [9.17, 15) is 4.79 Å². The molecule has 148 valence electrons. The molecule has 0 atom stereocenters. The molecular weight excluding hydrogens is 569 g/mol. The van der Waals surface area contributed by atoms with Gasteiger partial charge in [-0.05, 0) is 52.4 Å². The third-order valence-electron chi connectivity index (χ3n) is 4.81. The molecular formula is C20H16BrClIN5O. The van der Waals surface area contributed by atoms with Gasteiger partial charge in [0.2, 0.25) is 0 Å². The van der Waals surface area contributed by atoms with E-state index in [1.807, 2.05) is 42.5 Å². The molecule has 0 unspecified atom stereocenters. The van der Waals surface area contributed by atoms with Crippen LogP contribution in [0.1, 0.15) is 11.3 Å². The number of amides is 2. The molecule has 3 aromatic rings. The normalized spacial score (nSPS) is 15.0. The fraction of sp³-hybridized carbons (Fsp3) is 0.150. The molecule has 0 saturated heterocycles. The van der Waals surface area contributed by atoms with Crippen LogP contribution in [0.2, 0.25) is 0 Å². The Morgan fingerprint density at radius 3 is 2.72 bits per heavy atom. The van der Waals surface area contributed by atoms with Gasteiger partial charge in [-0.2, -0.15) is 0 Å². The minimum atomic E-state index is -0.0727. The number of aromatic amines is 1. The van der Waals surface area contributed by atoms with Gasteiger partial charge in [0, 0.05) is 20.2 Å². The molecule has 0 spiro atoms. The molecule has 9 heteroatoms. The average molecular weight is 585 g/mol. The highest BCUT2D eigenvalue weighted by Crippen LogP contribution is 2.33. The van der Waals surface area contributed by atoms with Crippen molar-refractivity contribution < 1.29 is 4.79 Å². The van der Waals surface area contributed by atoms with Gasteiger partial charge in [0.1, 0.15) is 11.5 Å². The third kappa shape index (κ3) is 3.69. The van der Waals surface area contributed by atoms with Crippen molar-refractivity contribution in [3.05, 3.63) is 67.8 Å². The number of hydrogen-bond acceptors (Lipinski definition) is 3. The maximum atomic E-state index is 13.2. The van der Waals surface area contributed by atoms with Crippen molar-refractivity contribution in [2.75, 3.05) is 18.0 Å². The summed E-state index contributed by atoms with van der Waals surface area (Å²) >= 11 is 5.75. The topological polar surface area (TPSA) is 64.6 Å². The van der Waals surface area contributed by atoms with Crippen LogP contribution in [0.15, 0.2) is 58.0 Å². The average Bonchev–Trinajstić information content (AvgIpc) is 3.33. The molecule has 5 rings (SSSR count). The Morgan fingerprint density at radius 1 is 1.17 bits per heavy atom. The van der Waals surface area contributed by atoms with Crippen LogP contribution in [0.3, 0.4) is 0 Å². The number of aromatic nitrogens is 2. The predicted molar refractivity (Wildman–Crippen MR) is 128 cm³/mol. The number of urea groups is 1. The predicted octanol–water partition coefficient (Wildman–Crippen LogP) is 5.07. The van der Waals surface area contributed by atoms with E-state index in [0.717, 1.165) is 30.7 Å². The standard InChI is InChI=1S/C20H15BrIN5O.ClH/c21-14-6-4-13(5-7-14)17-24-16-18-23-8-9-26(18)20(28)27(19(16)25-17)11-12-2-1-3-15(22)10-12;/h1-7,10H,8-9,11H2,(H,24,25);1H. The molecule has 0 radical (unpaired) electrons. The minimum absolute atomic E-state index is 0. The van der Waals surface area contributed by atoms with Gasteiger partial charge in [0.05, 0.1) is 13.1 Å². The summed E-state index contributed by atoms with van der Waals surface area (Å²) in [5.41, 5.74) is 2.84. The highest BCUT2D eigenvalue weighted by molar-refractivity contribution is 14.1. The third-order valence-corrected chi connectivity index (χ3v) is 6.01. The van der Waals surface area contributed by atoms with E-state index in [4.69, 9.17) is 4.98 Å². The number of aliphatic imine (C=N–C) groups is 1. The molecule has 2 aliphatic heterocycles. The number of halogens is 3. The number of fused-ring (bicyclic) bond motifs is 3. The fourth-order valence-electron chi connectivity index (χ4n) is 3.50. The summed E-state index contributed by atoms with van der Waals surface area (Å²) < 4.78 is 2.15. The lowest BCUT2D eigenvalue weighted by molar-refractivity contribution is 0.228. The highest BCUT2D eigenvalue weighted by Gasteiger charge is 2.40. The van der Waals surface area contributed by atoms with E-state index in [-0.39, 0.29) is 18.4 Å². The molecule has 2 amide bonds. The van der Waals surface area contributed by atoms with Crippen molar-refractivity contribution >= 4 is 68.6 Å². The minimum Gasteiger partial charge on any atom is -0.334 e. The van der Waals surface area contributed by atoms with Crippen molar-refractivity contribution in [3.8, 4) is 11.4 Å². The molecule has 1 aromatic heterocycles. The Balaban J connectivity index is 0.00000205. The molecule has 2 aromatic carbocycles. The Kier molecular flexibility index (Phi) is 5.67. The second-order valence-electron chi connectivity index (χ2n) is 6.65. The Labute approximate surface area is 196 Å². The fourth-order valence-corrected chi connectivity index (χ4v) is 4.38. The Bertz CT molecular complexity index is 1110. The lowest BCUT2D eigenvalue weighted by atomic mass is 10.2. The van der Waals surface area contributed by atoms with Crippen molar-refractivity contribution in [2.24, 2.45) is 4.99 Å². The van der Waals surface area contributed by atoms with Gasteiger partial charge in [-0.15, -0.1) is 12.4 Å². The van der Waals surface area contributed by atoms with E-state index in [2.05, 4.69) is 54.6 Å². The van der Waals surface area contributed by atoms with Crippen LogP contribution in [-0.4, -0.2) is 39.8 Å². The van der Waals surface area contributed by atoms with Crippen LogP contribution in [0.4, 0.5) is 10.6 Å². The molecule has 6 nitrogen and oxygen atoms in total. The summed E-state index contributed by atoms with van der Waals surface area (Å²) in [6, 6.07) is 16.0. The van der Waals surface area contributed by atoms with E-state index in [1.165, 1.54) is 0 Å². The number of amidine groups is 1. The molecule has 29 heavy (non-hydrogen) atoms. The number of nitrogens with zero attached hydrogens (tertiary/aromatic N) is 4. The largest absolute Gasteiger partial charge is 0.334 e. The smallest absolute Gasteiger partial charge is 0.331 e. The number of rotatable bonds is 3. The molecule has 3 heterocycles. The Morgan fingerprint density at radius 2 is 1.97 bits per heavy atom. The summed E-state index contributed by atoms with van der Waals surface area (Å²) in [6.45, 7) is 1.68. The number of carbonyl (C=O) groups excluding carboxylic acids is 1. The van der Waals surface area contributed by atoms with Crippen LogP contribution in [-0.2, 0) is 6.54 Å². The van der Waals surface area contributed by atoms with E-state index < -0.39 is 0 Å². The molecule has 0 saturated carbocycles. The first-order valence-electron chi connectivity index (χ1n) is 8.84. The van der Waals surface area contributed by atoms with Gasteiger partial charge >= 0.3 is 6.03 Å². The van der Waals surface area contributed by atoms with Crippen molar-refractivity contribution in [1.29, 1.82) is 0 Å². The number of anilines is 1. The van der Waals surface area contributed by atoms with Crippen LogP contribution in [0, 0.1) is 3.57 Å². The zero-order valence-electron chi connectivity index (χ0n) is 15.1. The van der Waals surface area contributed by atoms with Gasteiger partial charge in [-0.25, -0.2) is 9.78 Å². The number of H-pyrrole nitrogens is 1. The van der Waals surface area contributed by atoms with Crippen LogP contribution in [0.5, 0.6) is 0 Å². The first kappa shape index (κ1) is 20.4. The lowest BCUT2D eigenvalue weighted by Crippen LogP contribution is -2.49. The SMILES string of the molecule is Cl.O=C1N2CCN=C2c2[nH]c(-c3ccc(Br)cc3)nc2N1Cc1cccc(I)c1. The van der Waals surface area contributed by atoms with Gasteiger partial charge in [0.15, 0.2) is 11.7 Å².